The standard InChI is InChI=1S/C9H9BrN2/c1-2-5-11-7-9-4-3-8(10)6-12-9/h1,3-4,6,11H,5,7H2. The van der Waals surface area contributed by atoms with Crippen molar-refractivity contribution < 1.29 is 0 Å². The van der Waals surface area contributed by atoms with Gasteiger partial charge in [-0.1, -0.05) is 5.92 Å². The molecule has 0 spiro atoms. The summed E-state index contributed by atoms with van der Waals surface area (Å²) in [5.41, 5.74) is 0.994. The lowest BCUT2D eigenvalue weighted by atomic mass is 10.3. The van der Waals surface area contributed by atoms with Gasteiger partial charge in [0.2, 0.25) is 0 Å². The van der Waals surface area contributed by atoms with Gasteiger partial charge in [0, 0.05) is 17.2 Å². The van der Waals surface area contributed by atoms with Crippen molar-refractivity contribution in [3.63, 3.8) is 0 Å². The van der Waals surface area contributed by atoms with Gasteiger partial charge in [0.05, 0.1) is 12.2 Å². The molecule has 0 saturated heterocycles. The Morgan fingerprint density at radius 1 is 1.58 bits per heavy atom. The molecule has 12 heavy (non-hydrogen) atoms. The molecular formula is C9H9BrN2. The molecular weight excluding hydrogens is 216 g/mol. The Morgan fingerprint density at radius 3 is 3.00 bits per heavy atom. The van der Waals surface area contributed by atoms with Gasteiger partial charge in [-0.2, -0.15) is 0 Å². The quantitative estimate of drug-likeness (QED) is 0.623. The number of hydrogen-bond acceptors (Lipinski definition) is 2. The summed E-state index contributed by atoms with van der Waals surface area (Å²) in [6.45, 7) is 1.30. The molecule has 0 fully saturated rings. The molecule has 2 nitrogen and oxygen atoms in total. The lowest BCUT2D eigenvalue weighted by Gasteiger charge is -1.99. The van der Waals surface area contributed by atoms with Gasteiger partial charge < -0.3 is 5.32 Å². The first-order chi connectivity index (χ1) is 5.83. The zero-order chi connectivity index (χ0) is 8.81. The Kier molecular flexibility index (Phi) is 3.78. The molecule has 1 N–H and O–H groups in total. The topological polar surface area (TPSA) is 24.9 Å². The molecule has 0 aliphatic carbocycles. The van der Waals surface area contributed by atoms with E-state index in [2.05, 4.69) is 32.2 Å². The molecule has 0 saturated carbocycles. The first kappa shape index (κ1) is 9.24. The molecule has 1 aromatic rings. The van der Waals surface area contributed by atoms with Crippen molar-refractivity contribution in [1.29, 1.82) is 0 Å². The molecule has 0 radical (unpaired) electrons. The minimum Gasteiger partial charge on any atom is -0.301 e. The summed E-state index contributed by atoms with van der Waals surface area (Å²) in [6.07, 6.45) is 6.85. The van der Waals surface area contributed by atoms with Crippen LogP contribution in [0.1, 0.15) is 5.69 Å². The van der Waals surface area contributed by atoms with E-state index in [9.17, 15) is 0 Å². The number of terminal acetylenes is 1. The van der Waals surface area contributed by atoms with Crippen LogP contribution in [-0.4, -0.2) is 11.5 Å². The van der Waals surface area contributed by atoms with Gasteiger partial charge in [0.15, 0.2) is 0 Å². The number of nitrogens with one attached hydrogen (secondary N) is 1. The van der Waals surface area contributed by atoms with Crippen molar-refractivity contribution >= 4 is 15.9 Å². The third kappa shape index (κ3) is 3.04. The molecule has 0 unspecified atom stereocenters. The van der Waals surface area contributed by atoms with Gasteiger partial charge >= 0.3 is 0 Å². The predicted molar refractivity (Wildman–Crippen MR) is 52.5 cm³/mol. The van der Waals surface area contributed by atoms with Gasteiger partial charge in [0.1, 0.15) is 0 Å². The smallest absolute Gasteiger partial charge is 0.0576 e. The average Bonchev–Trinajstić information content (AvgIpc) is 2.09. The fraction of sp³-hybridized carbons (Fsp3) is 0.222. The molecule has 3 heteroatoms. The second kappa shape index (κ2) is 4.91. The van der Waals surface area contributed by atoms with Crippen molar-refractivity contribution in [2.45, 2.75) is 6.54 Å². The van der Waals surface area contributed by atoms with Crippen molar-refractivity contribution in [3.8, 4) is 12.3 Å². The largest absolute Gasteiger partial charge is 0.301 e. The summed E-state index contributed by atoms with van der Waals surface area (Å²) in [4.78, 5) is 4.17. The van der Waals surface area contributed by atoms with E-state index in [1.807, 2.05) is 12.1 Å². The van der Waals surface area contributed by atoms with Gasteiger partial charge in [-0.25, -0.2) is 0 Å². The van der Waals surface area contributed by atoms with Crippen LogP contribution in [0.4, 0.5) is 0 Å². The molecule has 62 valence electrons. The summed E-state index contributed by atoms with van der Waals surface area (Å²) in [7, 11) is 0. The summed E-state index contributed by atoms with van der Waals surface area (Å²) in [5.74, 6) is 2.50. The van der Waals surface area contributed by atoms with Gasteiger partial charge in [-0.05, 0) is 28.1 Å². The van der Waals surface area contributed by atoms with Crippen molar-refractivity contribution in [3.05, 3.63) is 28.5 Å². The lowest BCUT2D eigenvalue weighted by Crippen LogP contribution is -2.13. The van der Waals surface area contributed by atoms with E-state index in [4.69, 9.17) is 6.42 Å². The minimum absolute atomic E-state index is 0.581. The van der Waals surface area contributed by atoms with Crippen LogP contribution in [0.3, 0.4) is 0 Å². The molecule has 0 aliphatic rings. The van der Waals surface area contributed by atoms with Crippen LogP contribution in [0.2, 0.25) is 0 Å². The van der Waals surface area contributed by atoms with Crippen molar-refractivity contribution in [2.24, 2.45) is 0 Å². The first-order valence-electron chi connectivity index (χ1n) is 3.57. The summed E-state index contributed by atoms with van der Waals surface area (Å²) >= 11 is 3.31. The van der Waals surface area contributed by atoms with E-state index < -0.39 is 0 Å². The number of halogens is 1. The maximum absolute atomic E-state index is 5.08. The fourth-order valence-corrected chi connectivity index (χ4v) is 1.01. The number of nitrogens with zero attached hydrogens (tertiary/aromatic N) is 1. The highest BCUT2D eigenvalue weighted by Gasteiger charge is 1.91. The molecule has 0 amide bonds. The van der Waals surface area contributed by atoms with Crippen LogP contribution in [0.5, 0.6) is 0 Å². The summed E-state index contributed by atoms with van der Waals surface area (Å²) in [6, 6.07) is 3.91. The van der Waals surface area contributed by atoms with E-state index >= 15 is 0 Å². The minimum atomic E-state index is 0.581. The Balaban J connectivity index is 2.43. The lowest BCUT2D eigenvalue weighted by molar-refractivity contribution is 0.749. The van der Waals surface area contributed by atoms with E-state index in [0.29, 0.717) is 6.54 Å². The third-order valence-corrected chi connectivity index (χ3v) is 1.79. The summed E-state index contributed by atoms with van der Waals surface area (Å²) in [5, 5.41) is 3.06. The van der Waals surface area contributed by atoms with E-state index in [1.165, 1.54) is 0 Å². The molecule has 0 atom stereocenters. The normalized spacial score (nSPS) is 9.33. The number of aromatic nitrogens is 1. The van der Waals surface area contributed by atoms with Gasteiger partial charge in [-0.15, -0.1) is 6.42 Å². The molecule has 1 heterocycles. The van der Waals surface area contributed by atoms with Crippen LogP contribution in [0.15, 0.2) is 22.8 Å². The Morgan fingerprint density at radius 2 is 2.42 bits per heavy atom. The Labute approximate surface area is 80.5 Å². The monoisotopic (exact) mass is 224 g/mol. The average molecular weight is 225 g/mol. The highest BCUT2D eigenvalue weighted by molar-refractivity contribution is 9.10. The number of rotatable bonds is 3. The van der Waals surface area contributed by atoms with Crippen LogP contribution in [-0.2, 0) is 6.54 Å². The third-order valence-electron chi connectivity index (χ3n) is 1.32. The highest BCUT2D eigenvalue weighted by Crippen LogP contribution is 2.06. The predicted octanol–water partition coefficient (Wildman–Crippen LogP) is 1.57. The van der Waals surface area contributed by atoms with E-state index in [0.717, 1.165) is 16.7 Å². The zero-order valence-corrected chi connectivity index (χ0v) is 8.13. The Bertz CT molecular complexity index is 274. The Hall–Kier alpha value is -0.850. The SMILES string of the molecule is C#CCNCc1ccc(Br)cn1. The van der Waals surface area contributed by atoms with Crippen molar-refractivity contribution in [1.82, 2.24) is 10.3 Å². The van der Waals surface area contributed by atoms with E-state index in [1.54, 1.807) is 6.20 Å². The zero-order valence-electron chi connectivity index (χ0n) is 6.55. The van der Waals surface area contributed by atoms with Crippen molar-refractivity contribution in [2.75, 3.05) is 6.54 Å². The van der Waals surface area contributed by atoms with Crippen LogP contribution < -0.4 is 5.32 Å². The number of pyridine rings is 1. The molecule has 0 aromatic carbocycles. The summed E-state index contributed by atoms with van der Waals surface area (Å²) < 4.78 is 0.989. The van der Waals surface area contributed by atoms with Crippen LogP contribution >= 0.6 is 15.9 Å². The molecule has 1 rings (SSSR count). The maximum Gasteiger partial charge on any atom is 0.0576 e. The second-order valence-electron chi connectivity index (χ2n) is 2.28. The second-order valence-corrected chi connectivity index (χ2v) is 3.19. The molecule has 0 aliphatic heterocycles. The van der Waals surface area contributed by atoms with Crippen LogP contribution in [0.25, 0.3) is 0 Å². The van der Waals surface area contributed by atoms with Gasteiger partial charge in [-0.3, -0.25) is 4.98 Å². The molecule has 1 aromatic heterocycles. The fourth-order valence-electron chi connectivity index (χ4n) is 0.774. The van der Waals surface area contributed by atoms with Crippen LogP contribution in [0, 0.1) is 12.3 Å². The maximum atomic E-state index is 5.08. The van der Waals surface area contributed by atoms with Gasteiger partial charge in [0.25, 0.3) is 0 Å². The number of hydrogen-bond donors (Lipinski definition) is 1. The first-order valence-corrected chi connectivity index (χ1v) is 4.37. The molecule has 0 bridgehead atoms. The highest BCUT2D eigenvalue weighted by atomic mass is 79.9. The van der Waals surface area contributed by atoms with E-state index in [-0.39, 0.29) is 0 Å².